The molecule has 0 amide bonds. The zero-order valence-corrected chi connectivity index (χ0v) is 21.6. The highest BCUT2D eigenvalue weighted by Gasteiger charge is 2.83. The predicted octanol–water partition coefficient (Wildman–Crippen LogP) is 8.38. The molecule has 0 N–H and O–H groups in total. The SMILES string of the molecule is CC(C)(C)c1ccc(OP(C)(=O)OC(C[Si](C)(C)C)C(F)(F)C(F)(F)C(F)(F)C(F)(F)F)cc1. The number of benzene rings is 1. The van der Waals surface area contributed by atoms with Crippen molar-refractivity contribution in [2.75, 3.05) is 6.66 Å². The third kappa shape index (κ3) is 6.93. The van der Waals surface area contributed by atoms with Crippen molar-refractivity contribution in [3.05, 3.63) is 29.8 Å². The first-order chi connectivity index (χ1) is 14.7. The Morgan fingerprint density at radius 1 is 0.853 bits per heavy atom. The van der Waals surface area contributed by atoms with Crippen LogP contribution in [0, 0.1) is 0 Å². The predicted molar refractivity (Wildman–Crippen MR) is 113 cm³/mol. The summed E-state index contributed by atoms with van der Waals surface area (Å²) in [6.45, 7) is 10.4. The first-order valence-electron chi connectivity index (χ1n) is 10.0. The second-order valence-corrected chi connectivity index (χ2v) is 17.7. The lowest BCUT2D eigenvalue weighted by Crippen LogP contribution is -2.65. The summed E-state index contributed by atoms with van der Waals surface area (Å²) in [5.41, 5.74) is 0.522. The summed E-state index contributed by atoms with van der Waals surface area (Å²) in [4.78, 5) is 0. The van der Waals surface area contributed by atoms with Crippen molar-refractivity contribution in [2.45, 2.75) is 81.9 Å². The number of alkyl halides is 9. The maximum Gasteiger partial charge on any atom is 0.460 e. The third-order valence-electron chi connectivity index (χ3n) is 4.68. The average molecular weight is 546 g/mol. The van der Waals surface area contributed by atoms with E-state index in [-0.39, 0.29) is 11.2 Å². The molecule has 0 aliphatic rings. The Kier molecular flexibility index (Phi) is 8.48. The fourth-order valence-electron chi connectivity index (χ4n) is 2.84. The van der Waals surface area contributed by atoms with Gasteiger partial charge in [0.1, 0.15) is 11.9 Å². The summed E-state index contributed by atoms with van der Waals surface area (Å²) >= 11 is 0. The minimum atomic E-state index is -7.08. The van der Waals surface area contributed by atoms with Crippen LogP contribution in [-0.2, 0) is 14.5 Å². The standard InChI is InChI=1S/C20H28F9O3PSi/c1-16(2,3)13-8-10-14(11-9-13)31-33(4,30)32-15(12-34(5,6)7)17(21,22)18(23,24)19(25,26)20(27,28)29/h8-11,15H,12H2,1-7H3. The van der Waals surface area contributed by atoms with E-state index >= 15 is 0 Å². The largest absolute Gasteiger partial charge is 0.460 e. The van der Waals surface area contributed by atoms with Crippen molar-refractivity contribution < 1.29 is 53.1 Å². The van der Waals surface area contributed by atoms with Crippen molar-refractivity contribution >= 4 is 15.7 Å². The van der Waals surface area contributed by atoms with Crippen LogP contribution in [0.2, 0.25) is 25.7 Å². The molecule has 0 aliphatic heterocycles. The van der Waals surface area contributed by atoms with Crippen LogP contribution >= 0.6 is 7.60 Å². The number of hydrogen-bond acceptors (Lipinski definition) is 3. The van der Waals surface area contributed by atoms with Crippen LogP contribution < -0.4 is 4.52 Å². The van der Waals surface area contributed by atoms with Crippen LogP contribution in [0.5, 0.6) is 5.75 Å². The van der Waals surface area contributed by atoms with E-state index in [1.165, 1.54) is 31.8 Å². The molecule has 1 aromatic rings. The molecule has 0 saturated heterocycles. The van der Waals surface area contributed by atoms with E-state index in [1.807, 2.05) is 20.8 Å². The van der Waals surface area contributed by atoms with Crippen molar-refractivity contribution in [2.24, 2.45) is 0 Å². The molecule has 2 atom stereocenters. The highest BCUT2D eigenvalue weighted by molar-refractivity contribution is 7.53. The van der Waals surface area contributed by atoms with Gasteiger partial charge in [0.05, 0.1) is 0 Å². The van der Waals surface area contributed by atoms with Gasteiger partial charge >= 0.3 is 31.5 Å². The van der Waals surface area contributed by atoms with E-state index in [0.717, 1.165) is 5.56 Å². The third-order valence-corrected chi connectivity index (χ3v) is 7.46. The number of rotatable bonds is 9. The minimum Gasteiger partial charge on any atom is -0.425 e. The topological polar surface area (TPSA) is 35.5 Å². The van der Waals surface area contributed by atoms with Crippen LogP contribution in [-0.4, -0.2) is 44.8 Å². The lowest BCUT2D eigenvalue weighted by molar-refractivity contribution is -0.403. The fourth-order valence-corrected chi connectivity index (χ4v) is 5.65. The molecule has 0 bridgehead atoms. The summed E-state index contributed by atoms with van der Waals surface area (Å²) in [6, 6.07) is 4.72. The second kappa shape index (κ2) is 9.35. The molecule has 0 heterocycles. The van der Waals surface area contributed by atoms with Gasteiger partial charge in [0, 0.05) is 14.7 Å². The Morgan fingerprint density at radius 3 is 1.65 bits per heavy atom. The Labute approximate surface area is 193 Å². The van der Waals surface area contributed by atoms with Crippen molar-refractivity contribution in [3.8, 4) is 5.75 Å². The van der Waals surface area contributed by atoms with Crippen LogP contribution in [0.1, 0.15) is 26.3 Å². The lowest BCUT2D eigenvalue weighted by atomic mass is 9.87. The van der Waals surface area contributed by atoms with Gasteiger partial charge in [-0.2, -0.15) is 39.5 Å². The van der Waals surface area contributed by atoms with Crippen LogP contribution in [0.15, 0.2) is 24.3 Å². The Bertz CT molecular complexity index is 889. The van der Waals surface area contributed by atoms with Gasteiger partial charge in [0.25, 0.3) is 0 Å². The van der Waals surface area contributed by atoms with Gasteiger partial charge in [-0.3, -0.25) is 4.52 Å². The monoisotopic (exact) mass is 546 g/mol. The fraction of sp³-hybridized carbons (Fsp3) is 0.700. The molecule has 0 spiro atoms. The molecule has 1 aromatic carbocycles. The molecular weight excluding hydrogens is 518 g/mol. The van der Waals surface area contributed by atoms with Crippen molar-refractivity contribution in [1.82, 2.24) is 0 Å². The molecule has 3 nitrogen and oxygen atoms in total. The molecule has 0 saturated carbocycles. The van der Waals surface area contributed by atoms with Crippen LogP contribution in [0.4, 0.5) is 39.5 Å². The first kappa shape index (κ1) is 30.8. The van der Waals surface area contributed by atoms with Crippen LogP contribution in [0.25, 0.3) is 0 Å². The lowest BCUT2D eigenvalue weighted by Gasteiger charge is -2.39. The molecule has 1 rings (SSSR count). The molecule has 0 fully saturated rings. The Balaban J connectivity index is 3.36. The molecular formula is C20H28F9O3PSi. The maximum absolute atomic E-state index is 14.7. The molecule has 14 heteroatoms. The summed E-state index contributed by atoms with van der Waals surface area (Å²) in [5.74, 6) is -20.2. The van der Waals surface area contributed by atoms with Gasteiger partial charge in [-0.1, -0.05) is 52.5 Å². The smallest absolute Gasteiger partial charge is 0.425 e. The first-order valence-corrected chi connectivity index (χ1v) is 15.7. The van der Waals surface area contributed by atoms with Crippen LogP contribution in [0.3, 0.4) is 0 Å². The quantitative estimate of drug-likeness (QED) is 0.177. The summed E-state index contributed by atoms with van der Waals surface area (Å²) in [5, 5.41) is 0. The zero-order valence-electron chi connectivity index (χ0n) is 19.7. The molecule has 34 heavy (non-hydrogen) atoms. The average Bonchev–Trinajstić information content (AvgIpc) is 2.57. The highest BCUT2D eigenvalue weighted by atomic mass is 31.2. The molecule has 0 radical (unpaired) electrons. The maximum atomic E-state index is 14.7. The van der Waals surface area contributed by atoms with E-state index in [0.29, 0.717) is 6.66 Å². The number of halogens is 9. The molecule has 0 aromatic heterocycles. The molecule has 198 valence electrons. The van der Waals surface area contributed by atoms with E-state index in [2.05, 4.69) is 4.52 Å². The zero-order chi connectivity index (χ0) is 27.2. The molecule has 2 unspecified atom stereocenters. The highest BCUT2D eigenvalue weighted by Crippen LogP contribution is 2.58. The Morgan fingerprint density at radius 2 is 1.29 bits per heavy atom. The summed E-state index contributed by atoms with van der Waals surface area (Å²) < 4.78 is 144. The van der Waals surface area contributed by atoms with Gasteiger partial charge in [-0.25, -0.2) is 4.57 Å². The number of hydrogen-bond donors (Lipinski definition) is 0. The van der Waals surface area contributed by atoms with E-state index in [4.69, 9.17) is 4.52 Å². The summed E-state index contributed by atoms with van der Waals surface area (Å²) in [6.07, 6.45) is -10.2. The van der Waals surface area contributed by atoms with E-state index < -0.39 is 51.8 Å². The summed E-state index contributed by atoms with van der Waals surface area (Å²) in [7, 11) is -7.56. The van der Waals surface area contributed by atoms with Crippen molar-refractivity contribution in [3.63, 3.8) is 0 Å². The van der Waals surface area contributed by atoms with Gasteiger partial charge < -0.3 is 4.52 Å². The molecule has 0 aliphatic carbocycles. The Hall–Kier alpha value is -1.20. The van der Waals surface area contributed by atoms with E-state index in [9.17, 15) is 44.1 Å². The van der Waals surface area contributed by atoms with Gasteiger partial charge in [-0.15, -0.1) is 0 Å². The van der Waals surface area contributed by atoms with Gasteiger partial charge in [0.2, 0.25) is 0 Å². The van der Waals surface area contributed by atoms with E-state index in [1.54, 1.807) is 12.1 Å². The van der Waals surface area contributed by atoms with Gasteiger partial charge in [0.15, 0.2) is 0 Å². The van der Waals surface area contributed by atoms with Gasteiger partial charge in [-0.05, 0) is 29.2 Å². The second-order valence-electron chi connectivity index (χ2n) is 10.3. The van der Waals surface area contributed by atoms with Crippen molar-refractivity contribution in [1.29, 1.82) is 0 Å². The normalized spacial score (nSPS) is 17.3. The minimum absolute atomic E-state index is 0.165.